The molecule has 1 aromatic rings. The molecule has 0 N–H and O–H groups in total. The van der Waals surface area contributed by atoms with E-state index in [0.717, 1.165) is 13.0 Å². The van der Waals surface area contributed by atoms with E-state index in [1.165, 1.54) is 37.7 Å². The largest absolute Gasteiger partial charge is 0.341 e. The van der Waals surface area contributed by atoms with Crippen molar-refractivity contribution in [2.24, 2.45) is 22.7 Å². The number of hydrogen-bond acceptors (Lipinski definition) is 2. The molecule has 6 rings (SSSR count). The van der Waals surface area contributed by atoms with Gasteiger partial charge in [0.25, 0.3) is 0 Å². The number of aliphatic imine (C=N–C) groups is 1. The first-order valence-electron chi connectivity index (χ1n) is 11.0. The average Bonchev–Trinajstić information content (AvgIpc) is 2.97. The normalized spacial score (nSPS) is 32.9. The van der Waals surface area contributed by atoms with Gasteiger partial charge in [-0.3, -0.25) is 4.99 Å². The van der Waals surface area contributed by atoms with E-state index in [4.69, 9.17) is 0 Å². The number of allylic oxidation sites excluding steroid dienone is 5. The Hall–Kier alpha value is -2.35. The lowest BCUT2D eigenvalue weighted by molar-refractivity contribution is 0.318. The Kier molecular flexibility index (Phi) is 3.92. The maximum Gasteiger partial charge on any atom is 0.0585 e. The van der Waals surface area contributed by atoms with Crippen molar-refractivity contribution in [1.82, 2.24) is 4.90 Å². The second kappa shape index (κ2) is 6.62. The van der Waals surface area contributed by atoms with Gasteiger partial charge in [0, 0.05) is 36.0 Å². The van der Waals surface area contributed by atoms with Crippen molar-refractivity contribution in [3.8, 4) is 0 Å². The number of nitrogens with zero attached hydrogens (tertiary/aromatic N) is 2. The molecule has 2 nitrogen and oxygen atoms in total. The molecule has 28 heavy (non-hydrogen) atoms. The molecule has 3 heterocycles. The summed E-state index contributed by atoms with van der Waals surface area (Å²) < 4.78 is 0. The van der Waals surface area contributed by atoms with Crippen molar-refractivity contribution in [3.05, 3.63) is 82.7 Å². The average molecular weight is 369 g/mol. The molecule has 3 aliphatic heterocycles. The quantitative estimate of drug-likeness (QED) is 0.677. The van der Waals surface area contributed by atoms with Crippen LogP contribution in [-0.4, -0.2) is 23.7 Å². The fraction of sp³-hybridized carbons (Fsp3) is 0.423. The van der Waals surface area contributed by atoms with Crippen molar-refractivity contribution in [1.29, 1.82) is 0 Å². The molecule has 0 spiro atoms. The molecular weight excluding hydrogens is 340 g/mol. The molecule has 0 saturated carbocycles. The molecule has 0 aromatic heterocycles. The Morgan fingerprint density at radius 2 is 1.96 bits per heavy atom. The maximum atomic E-state index is 4.66. The molecular formula is C26H28N2. The van der Waals surface area contributed by atoms with Gasteiger partial charge in [0.15, 0.2) is 0 Å². The highest BCUT2D eigenvalue weighted by Crippen LogP contribution is 2.55. The van der Waals surface area contributed by atoms with Gasteiger partial charge in [-0.2, -0.15) is 0 Å². The van der Waals surface area contributed by atoms with E-state index in [1.54, 1.807) is 22.5 Å². The summed E-state index contributed by atoms with van der Waals surface area (Å²) in [7, 11) is 0. The van der Waals surface area contributed by atoms with Crippen LogP contribution in [0.4, 0.5) is 0 Å². The number of fused-ring (bicyclic) bond motifs is 5. The molecule has 142 valence electrons. The minimum atomic E-state index is 0.540. The molecule has 1 aromatic carbocycles. The van der Waals surface area contributed by atoms with E-state index in [0.29, 0.717) is 23.8 Å². The van der Waals surface area contributed by atoms with Gasteiger partial charge < -0.3 is 4.90 Å². The summed E-state index contributed by atoms with van der Waals surface area (Å²) in [6.45, 7) is 0.981. The first kappa shape index (κ1) is 16.6. The lowest BCUT2D eigenvalue weighted by atomic mass is 9.73. The minimum Gasteiger partial charge on any atom is -0.341 e. The number of rotatable bonds is 2. The molecule has 1 fully saturated rings. The van der Waals surface area contributed by atoms with E-state index >= 15 is 0 Å². The molecule has 4 atom stereocenters. The van der Waals surface area contributed by atoms with E-state index in [2.05, 4.69) is 70.7 Å². The number of dihydropyridines is 1. The van der Waals surface area contributed by atoms with Crippen LogP contribution >= 0.6 is 0 Å². The molecule has 1 saturated heterocycles. The third-order valence-corrected chi connectivity index (χ3v) is 7.55. The van der Waals surface area contributed by atoms with Crippen molar-refractivity contribution in [2.45, 2.75) is 44.6 Å². The van der Waals surface area contributed by atoms with Gasteiger partial charge in [-0.15, -0.1) is 0 Å². The van der Waals surface area contributed by atoms with Gasteiger partial charge in [0.05, 0.1) is 6.04 Å². The predicted molar refractivity (Wildman–Crippen MR) is 115 cm³/mol. The van der Waals surface area contributed by atoms with Crippen LogP contribution in [0.25, 0.3) is 0 Å². The zero-order valence-corrected chi connectivity index (χ0v) is 16.4. The third-order valence-electron chi connectivity index (χ3n) is 7.55. The maximum absolute atomic E-state index is 4.66. The molecule has 0 bridgehead atoms. The Balaban J connectivity index is 1.46. The summed E-state index contributed by atoms with van der Waals surface area (Å²) in [5, 5.41) is 0. The van der Waals surface area contributed by atoms with Crippen LogP contribution in [0.5, 0.6) is 0 Å². The summed E-state index contributed by atoms with van der Waals surface area (Å²) in [5.74, 6) is 1.97. The Morgan fingerprint density at radius 3 is 2.89 bits per heavy atom. The second-order valence-electron chi connectivity index (χ2n) is 8.97. The summed E-state index contributed by atoms with van der Waals surface area (Å²) in [5.41, 5.74) is 8.01. The molecule has 2 aliphatic carbocycles. The molecule has 4 unspecified atom stereocenters. The van der Waals surface area contributed by atoms with Crippen LogP contribution in [0.1, 0.15) is 37.7 Å². The SMILES string of the molecule is C1=CC2=CCC3=C4C(CCC3Cc3ccccc3)C3CN=CC=C3N4C2CC1. The van der Waals surface area contributed by atoms with E-state index in [9.17, 15) is 0 Å². The molecule has 0 amide bonds. The highest BCUT2D eigenvalue weighted by molar-refractivity contribution is 5.74. The summed E-state index contributed by atoms with van der Waals surface area (Å²) in [6, 6.07) is 11.6. The Labute approximate surface area is 168 Å². The van der Waals surface area contributed by atoms with Crippen LogP contribution < -0.4 is 0 Å². The minimum absolute atomic E-state index is 0.540. The van der Waals surface area contributed by atoms with Crippen LogP contribution in [0, 0.1) is 17.8 Å². The third kappa shape index (κ3) is 2.50. The molecule has 5 aliphatic rings. The summed E-state index contributed by atoms with van der Waals surface area (Å²) in [4.78, 5) is 7.45. The van der Waals surface area contributed by atoms with Gasteiger partial charge in [-0.25, -0.2) is 0 Å². The Morgan fingerprint density at radius 1 is 1.04 bits per heavy atom. The highest BCUT2D eigenvalue weighted by atomic mass is 15.2. The van der Waals surface area contributed by atoms with Gasteiger partial charge in [0.1, 0.15) is 0 Å². The topological polar surface area (TPSA) is 15.6 Å². The van der Waals surface area contributed by atoms with Gasteiger partial charge in [-0.05, 0) is 67.2 Å². The zero-order chi connectivity index (χ0) is 18.5. The van der Waals surface area contributed by atoms with Crippen molar-refractivity contribution in [3.63, 3.8) is 0 Å². The monoisotopic (exact) mass is 368 g/mol. The van der Waals surface area contributed by atoms with Gasteiger partial charge >= 0.3 is 0 Å². The zero-order valence-electron chi connectivity index (χ0n) is 16.4. The molecule has 0 radical (unpaired) electrons. The predicted octanol–water partition coefficient (Wildman–Crippen LogP) is 5.46. The summed E-state index contributed by atoms with van der Waals surface area (Å²) >= 11 is 0. The van der Waals surface area contributed by atoms with Crippen molar-refractivity contribution >= 4 is 6.21 Å². The van der Waals surface area contributed by atoms with Gasteiger partial charge in [0.2, 0.25) is 0 Å². The standard InChI is InChI=1S/C26H28N2/c1-2-6-18(7-3-1)16-20-11-13-22-23-17-27-15-14-25(23)28-24-9-5-4-8-19(24)10-12-21(20)26(22)28/h1-4,6-8,10,14-15,20,22-24H,5,9,11-13,16-17H2. The van der Waals surface area contributed by atoms with E-state index in [-0.39, 0.29) is 0 Å². The van der Waals surface area contributed by atoms with Crippen LogP contribution in [-0.2, 0) is 6.42 Å². The fourth-order valence-electron chi connectivity index (χ4n) is 6.32. The van der Waals surface area contributed by atoms with E-state index < -0.39 is 0 Å². The lowest BCUT2D eigenvalue weighted by Crippen LogP contribution is -2.35. The van der Waals surface area contributed by atoms with Crippen molar-refractivity contribution < 1.29 is 0 Å². The van der Waals surface area contributed by atoms with Crippen LogP contribution in [0.15, 0.2) is 82.2 Å². The first-order valence-corrected chi connectivity index (χ1v) is 11.0. The second-order valence-corrected chi connectivity index (χ2v) is 8.97. The van der Waals surface area contributed by atoms with Gasteiger partial charge in [-0.1, -0.05) is 48.6 Å². The van der Waals surface area contributed by atoms with Crippen molar-refractivity contribution in [2.75, 3.05) is 6.54 Å². The summed E-state index contributed by atoms with van der Waals surface area (Å²) in [6.07, 6.45) is 19.1. The number of hydrogen-bond donors (Lipinski definition) is 0. The van der Waals surface area contributed by atoms with E-state index in [1.807, 2.05) is 0 Å². The highest BCUT2D eigenvalue weighted by Gasteiger charge is 2.49. The fourth-order valence-corrected chi connectivity index (χ4v) is 6.32. The smallest absolute Gasteiger partial charge is 0.0585 e. The van der Waals surface area contributed by atoms with Crippen LogP contribution in [0.3, 0.4) is 0 Å². The molecule has 2 heteroatoms. The first-order chi connectivity index (χ1) is 13.9. The lowest BCUT2D eigenvalue weighted by Gasteiger charge is -2.37. The number of benzene rings is 1. The Bertz CT molecular complexity index is 930. The van der Waals surface area contributed by atoms with Crippen LogP contribution in [0.2, 0.25) is 0 Å².